The Kier molecular flexibility index (Phi) is 4.05. The molecule has 1 aromatic carbocycles. The van der Waals surface area contributed by atoms with E-state index in [9.17, 15) is 14.7 Å². The van der Waals surface area contributed by atoms with Crippen LogP contribution in [0.15, 0.2) is 24.3 Å². The molecule has 2 N–H and O–H groups in total. The van der Waals surface area contributed by atoms with E-state index in [4.69, 9.17) is 0 Å². The molecule has 0 spiro atoms. The van der Waals surface area contributed by atoms with Crippen LogP contribution >= 0.6 is 0 Å². The maximum absolute atomic E-state index is 12.1. The molecule has 1 heterocycles. The molecule has 5 nitrogen and oxygen atoms in total. The summed E-state index contributed by atoms with van der Waals surface area (Å²) in [7, 11) is 0. The highest BCUT2D eigenvalue weighted by atomic mass is 16.4. The number of rotatable bonds is 3. The molecule has 1 saturated heterocycles. The van der Waals surface area contributed by atoms with Gasteiger partial charge in [0.1, 0.15) is 0 Å². The minimum Gasteiger partial charge on any atom is -0.481 e. The third kappa shape index (κ3) is 2.56. The van der Waals surface area contributed by atoms with Gasteiger partial charge in [-0.25, -0.2) is 0 Å². The molecule has 0 radical (unpaired) electrons. The Bertz CT molecular complexity index is 579. The van der Waals surface area contributed by atoms with Crippen LogP contribution in [0.4, 0.5) is 5.69 Å². The van der Waals surface area contributed by atoms with Crippen molar-refractivity contribution in [3.8, 4) is 0 Å². The molecule has 2 aliphatic rings. The number of carbonyl (C=O) groups excluding carboxylic acids is 1. The van der Waals surface area contributed by atoms with Crippen LogP contribution in [0.5, 0.6) is 0 Å². The van der Waals surface area contributed by atoms with Crippen LogP contribution < -0.4 is 10.2 Å². The zero-order valence-electron chi connectivity index (χ0n) is 12.7. The largest absolute Gasteiger partial charge is 0.481 e. The number of aliphatic carboxylic acids is 1. The van der Waals surface area contributed by atoms with Crippen molar-refractivity contribution in [3.05, 3.63) is 29.8 Å². The first-order valence-electron chi connectivity index (χ1n) is 7.98. The van der Waals surface area contributed by atoms with Gasteiger partial charge in [0, 0.05) is 18.8 Å². The standard InChI is InChI=1S/C17H22N2O3/c20-15-12-19(11-10-18-15)14-7-3-2-6-13(14)17(16(21)22)8-4-1-5-9-17/h2-3,6-7H,1,4-5,8-12H2,(H,18,20)(H,21,22). The van der Waals surface area contributed by atoms with Gasteiger partial charge >= 0.3 is 5.97 Å². The van der Waals surface area contributed by atoms with E-state index in [1.54, 1.807) is 0 Å². The Morgan fingerprint density at radius 2 is 1.91 bits per heavy atom. The molecular formula is C17H22N2O3. The quantitative estimate of drug-likeness (QED) is 0.895. The maximum atomic E-state index is 12.1. The number of hydrogen-bond donors (Lipinski definition) is 2. The van der Waals surface area contributed by atoms with Crippen LogP contribution in [0.1, 0.15) is 37.7 Å². The van der Waals surface area contributed by atoms with Crippen LogP contribution in [0.3, 0.4) is 0 Å². The van der Waals surface area contributed by atoms with Gasteiger partial charge in [-0.1, -0.05) is 37.5 Å². The fourth-order valence-corrected chi connectivity index (χ4v) is 3.75. The highest BCUT2D eigenvalue weighted by Gasteiger charge is 2.43. The van der Waals surface area contributed by atoms with Gasteiger partial charge in [0.25, 0.3) is 0 Å². The molecule has 1 aliphatic heterocycles. The number of carboxylic acid groups (broad SMARTS) is 1. The minimum atomic E-state index is -0.803. The Hall–Kier alpha value is -2.04. The fraction of sp³-hybridized carbons (Fsp3) is 0.529. The number of carbonyl (C=O) groups is 2. The van der Waals surface area contributed by atoms with E-state index in [2.05, 4.69) is 5.32 Å². The van der Waals surface area contributed by atoms with Crippen molar-refractivity contribution in [1.82, 2.24) is 5.32 Å². The van der Waals surface area contributed by atoms with E-state index in [0.29, 0.717) is 25.9 Å². The summed E-state index contributed by atoms with van der Waals surface area (Å²) in [6, 6.07) is 7.71. The van der Waals surface area contributed by atoms with E-state index in [1.165, 1.54) is 0 Å². The summed E-state index contributed by atoms with van der Waals surface area (Å²) >= 11 is 0. The highest BCUT2D eigenvalue weighted by Crippen LogP contribution is 2.43. The summed E-state index contributed by atoms with van der Waals surface area (Å²) in [6.07, 6.45) is 4.35. The van der Waals surface area contributed by atoms with Crippen molar-refractivity contribution < 1.29 is 14.7 Å². The Morgan fingerprint density at radius 3 is 2.59 bits per heavy atom. The predicted octanol–water partition coefficient (Wildman–Crippen LogP) is 1.91. The summed E-state index contributed by atoms with van der Waals surface area (Å²) in [5.41, 5.74) is 0.974. The van der Waals surface area contributed by atoms with Crippen LogP contribution in [0.25, 0.3) is 0 Å². The van der Waals surface area contributed by atoms with Gasteiger partial charge < -0.3 is 15.3 Å². The monoisotopic (exact) mass is 302 g/mol. The average Bonchev–Trinajstić information content (AvgIpc) is 2.55. The number of amides is 1. The molecule has 2 fully saturated rings. The molecule has 1 aliphatic carbocycles. The lowest BCUT2D eigenvalue weighted by Gasteiger charge is -2.38. The molecule has 1 aromatic rings. The molecule has 0 bridgehead atoms. The molecule has 0 unspecified atom stereocenters. The normalized spacial score (nSPS) is 21.3. The fourth-order valence-electron chi connectivity index (χ4n) is 3.75. The summed E-state index contributed by atoms with van der Waals surface area (Å²) in [6.45, 7) is 1.62. The number of nitrogens with one attached hydrogen (secondary N) is 1. The van der Waals surface area contributed by atoms with Crippen molar-refractivity contribution >= 4 is 17.6 Å². The van der Waals surface area contributed by atoms with E-state index < -0.39 is 11.4 Å². The molecular weight excluding hydrogens is 280 g/mol. The average molecular weight is 302 g/mol. The number of para-hydroxylation sites is 1. The number of hydrogen-bond acceptors (Lipinski definition) is 3. The molecule has 3 rings (SSSR count). The molecule has 22 heavy (non-hydrogen) atoms. The third-order valence-electron chi connectivity index (χ3n) is 4.92. The maximum Gasteiger partial charge on any atom is 0.314 e. The molecule has 0 aromatic heterocycles. The first-order chi connectivity index (χ1) is 10.6. The van der Waals surface area contributed by atoms with Gasteiger partial charge in [-0.05, 0) is 24.5 Å². The molecule has 5 heteroatoms. The van der Waals surface area contributed by atoms with Crippen LogP contribution in [-0.4, -0.2) is 36.6 Å². The second-order valence-corrected chi connectivity index (χ2v) is 6.24. The van der Waals surface area contributed by atoms with Crippen LogP contribution in [0.2, 0.25) is 0 Å². The Morgan fingerprint density at radius 1 is 1.18 bits per heavy atom. The first kappa shape index (κ1) is 14.9. The number of benzene rings is 1. The second-order valence-electron chi connectivity index (χ2n) is 6.24. The van der Waals surface area contributed by atoms with Gasteiger partial charge in [0.15, 0.2) is 0 Å². The Labute approximate surface area is 130 Å². The van der Waals surface area contributed by atoms with Crippen LogP contribution in [0, 0.1) is 0 Å². The number of carboxylic acids is 1. The number of piperazine rings is 1. The third-order valence-corrected chi connectivity index (χ3v) is 4.92. The zero-order valence-corrected chi connectivity index (χ0v) is 12.7. The van der Waals surface area contributed by atoms with Gasteiger partial charge in [-0.15, -0.1) is 0 Å². The lowest BCUT2D eigenvalue weighted by Crippen LogP contribution is -2.49. The van der Waals surface area contributed by atoms with Crippen molar-refractivity contribution in [1.29, 1.82) is 0 Å². The molecule has 1 saturated carbocycles. The van der Waals surface area contributed by atoms with E-state index >= 15 is 0 Å². The summed E-state index contributed by atoms with van der Waals surface area (Å²) in [5.74, 6) is -0.741. The lowest BCUT2D eigenvalue weighted by molar-refractivity contribution is -0.145. The Balaban J connectivity index is 2.02. The smallest absolute Gasteiger partial charge is 0.314 e. The number of anilines is 1. The van der Waals surface area contributed by atoms with Crippen LogP contribution in [-0.2, 0) is 15.0 Å². The first-order valence-corrected chi connectivity index (χ1v) is 7.98. The van der Waals surface area contributed by atoms with Gasteiger partial charge in [-0.2, -0.15) is 0 Å². The molecule has 118 valence electrons. The molecule has 0 atom stereocenters. The van der Waals surface area contributed by atoms with Gasteiger partial charge in [0.2, 0.25) is 5.91 Å². The second kappa shape index (κ2) is 5.99. The topological polar surface area (TPSA) is 69.6 Å². The summed E-state index contributed by atoms with van der Waals surface area (Å²) < 4.78 is 0. The minimum absolute atomic E-state index is 0.00549. The SMILES string of the molecule is O=C1CN(c2ccccc2C2(C(=O)O)CCCCC2)CCN1. The van der Waals surface area contributed by atoms with Crippen molar-refractivity contribution in [3.63, 3.8) is 0 Å². The van der Waals surface area contributed by atoms with Crippen molar-refractivity contribution in [2.75, 3.05) is 24.5 Å². The van der Waals surface area contributed by atoms with Crippen molar-refractivity contribution in [2.45, 2.75) is 37.5 Å². The van der Waals surface area contributed by atoms with Crippen molar-refractivity contribution in [2.24, 2.45) is 0 Å². The predicted molar refractivity (Wildman–Crippen MR) is 84.1 cm³/mol. The lowest BCUT2D eigenvalue weighted by atomic mass is 9.69. The van der Waals surface area contributed by atoms with E-state index in [1.807, 2.05) is 29.2 Å². The van der Waals surface area contributed by atoms with E-state index in [0.717, 1.165) is 37.1 Å². The summed E-state index contributed by atoms with van der Waals surface area (Å²) in [5, 5.41) is 12.7. The van der Waals surface area contributed by atoms with Gasteiger partial charge in [0.05, 0.1) is 12.0 Å². The molecule has 1 amide bonds. The number of nitrogens with zero attached hydrogens (tertiary/aromatic N) is 1. The zero-order chi connectivity index (χ0) is 15.6. The summed E-state index contributed by atoms with van der Waals surface area (Å²) in [4.78, 5) is 25.8. The highest BCUT2D eigenvalue weighted by molar-refractivity contribution is 5.87. The van der Waals surface area contributed by atoms with E-state index in [-0.39, 0.29) is 5.91 Å². The van der Waals surface area contributed by atoms with Gasteiger partial charge in [-0.3, -0.25) is 9.59 Å².